The predicted octanol–water partition coefficient (Wildman–Crippen LogP) is 2.56. The van der Waals surface area contributed by atoms with Gasteiger partial charge in [-0.05, 0) is 23.6 Å². The standard InChI is InChI=1S/C18H24N2O3/c1-5-12(2)11-19-17(21)8-13-9-18(22)23-16-10-14(20(3)4)6-7-15(13)16/h6-7,9-10,12H,5,8,11H2,1-4H3,(H,19,21). The van der Waals surface area contributed by atoms with Gasteiger partial charge >= 0.3 is 5.63 Å². The van der Waals surface area contributed by atoms with Crippen LogP contribution in [-0.4, -0.2) is 26.5 Å². The number of hydrogen-bond acceptors (Lipinski definition) is 4. The lowest BCUT2D eigenvalue weighted by molar-refractivity contribution is -0.120. The second kappa shape index (κ2) is 7.31. The Kier molecular flexibility index (Phi) is 5.42. The van der Waals surface area contributed by atoms with Gasteiger partial charge in [0.25, 0.3) is 0 Å². The van der Waals surface area contributed by atoms with Gasteiger partial charge in [-0.1, -0.05) is 20.3 Å². The lowest BCUT2D eigenvalue weighted by Crippen LogP contribution is -2.29. The molecule has 1 aromatic heterocycles. The van der Waals surface area contributed by atoms with Gasteiger partial charge in [0, 0.05) is 43.8 Å². The normalized spacial score (nSPS) is 12.2. The zero-order chi connectivity index (χ0) is 17.0. The van der Waals surface area contributed by atoms with Crippen LogP contribution >= 0.6 is 0 Å². The number of anilines is 1. The van der Waals surface area contributed by atoms with Crippen molar-refractivity contribution in [2.24, 2.45) is 5.92 Å². The second-order valence-electron chi connectivity index (χ2n) is 6.16. The van der Waals surface area contributed by atoms with Gasteiger partial charge in [0.1, 0.15) is 5.58 Å². The summed E-state index contributed by atoms with van der Waals surface area (Å²) in [5, 5.41) is 3.72. The van der Waals surface area contributed by atoms with E-state index in [4.69, 9.17) is 4.42 Å². The minimum atomic E-state index is -0.432. The molecule has 1 N–H and O–H groups in total. The summed E-state index contributed by atoms with van der Waals surface area (Å²) in [7, 11) is 3.84. The average molecular weight is 316 g/mol. The van der Waals surface area contributed by atoms with Gasteiger partial charge in [0.05, 0.1) is 6.42 Å². The van der Waals surface area contributed by atoms with Crippen LogP contribution < -0.4 is 15.8 Å². The van der Waals surface area contributed by atoms with Crippen molar-refractivity contribution >= 4 is 22.6 Å². The molecule has 124 valence electrons. The fourth-order valence-electron chi connectivity index (χ4n) is 2.31. The van der Waals surface area contributed by atoms with E-state index in [9.17, 15) is 9.59 Å². The fourth-order valence-corrected chi connectivity index (χ4v) is 2.31. The highest BCUT2D eigenvalue weighted by molar-refractivity contribution is 5.88. The van der Waals surface area contributed by atoms with E-state index in [1.54, 1.807) is 0 Å². The maximum atomic E-state index is 12.1. The van der Waals surface area contributed by atoms with Crippen molar-refractivity contribution in [3.63, 3.8) is 0 Å². The first kappa shape index (κ1) is 17.1. The molecular weight excluding hydrogens is 292 g/mol. The zero-order valence-electron chi connectivity index (χ0n) is 14.2. The van der Waals surface area contributed by atoms with Crippen molar-refractivity contribution in [2.75, 3.05) is 25.5 Å². The van der Waals surface area contributed by atoms with Gasteiger partial charge in [-0.25, -0.2) is 4.79 Å². The number of nitrogens with one attached hydrogen (secondary N) is 1. The lowest BCUT2D eigenvalue weighted by atomic mass is 10.1. The molecule has 0 aliphatic rings. The molecule has 0 aliphatic carbocycles. The predicted molar refractivity (Wildman–Crippen MR) is 93.0 cm³/mol. The Bertz CT molecular complexity index is 750. The maximum Gasteiger partial charge on any atom is 0.336 e. The smallest absolute Gasteiger partial charge is 0.336 e. The van der Waals surface area contributed by atoms with E-state index < -0.39 is 5.63 Å². The van der Waals surface area contributed by atoms with E-state index in [2.05, 4.69) is 19.2 Å². The molecule has 1 unspecified atom stereocenters. The van der Waals surface area contributed by atoms with Crippen LogP contribution in [0.1, 0.15) is 25.8 Å². The van der Waals surface area contributed by atoms with Crippen LogP contribution in [0.4, 0.5) is 5.69 Å². The molecule has 0 saturated carbocycles. The first-order chi connectivity index (χ1) is 10.9. The van der Waals surface area contributed by atoms with Crippen LogP contribution in [0.15, 0.2) is 33.5 Å². The van der Waals surface area contributed by atoms with Crippen molar-refractivity contribution in [3.05, 3.63) is 40.2 Å². The molecule has 0 spiro atoms. The minimum Gasteiger partial charge on any atom is -0.423 e. The van der Waals surface area contributed by atoms with E-state index >= 15 is 0 Å². The first-order valence-electron chi connectivity index (χ1n) is 7.91. The number of benzene rings is 1. The van der Waals surface area contributed by atoms with Crippen molar-refractivity contribution in [1.82, 2.24) is 5.32 Å². The summed E-state index contributed by atoms with van der Waals surface area (Å²) in [4.78, 5) is 25.8. The summed E-state index contributed by atoms with van der Waals surface area (Å²) < 4.78 is 5.28. The van der Waals surface area contributed by atoms with Crippen molar-refractivity contribution < 1.29 is 9.21 Å². The van der Waals surface area contributed by atoms with Crippen LogP contribution in [0, 0.1) is 5.92 Å². The number of nitrogens with zero attached hydrogens (tertiary/aromatic N) is 1. The molecule has 5 heteroatoms. The molecule has 0 aliphatic heterocycles. The Hall–Kier alpha value is -2.30. The number of amides is 1. The van der Waals surface area contributed by atoms with E-state index in [0.29, 0.717) is 23.6 Å². The van der Waals surface area contributed by atoms with E-state index in [0.717, 1.165) is 17.5 Å². The van der Waals surface area contributed by atoms with Gasteiger partial charge in [-0.3, -0.25) is 4.79 Å². The molecule has 1 amide bonds. The SMILES string of the molecule is CCC(C)CNC(=O)Cc1cc(=O)oc2cc(N(C)C)ccc12. The third kappa shape index (κ3) is 4.34. The molecule has 2 aromatic rings. The van der Waals surface area contributed by atoms with Gasteiger partial charge in [0.2, 0.25) is 5.91 Å². The number of carbonyl (C=O) groups is 1. The summed E-state index contributed by atoms with van der Waals surface area (Å²) in [6.07, 6.45) is 1.20. The number of hydrogen-bond donors (Lipinski definition) is 1. The molecule has 1 atom stereocenters. The lowest BCUT2D eigenvalue weighted by Gasteiger charge is -2.14. The summed E-state index contributed by atoms with van der Waals surface area (Å²) in [6.45, 7) is 4.84. The van der Waals surface area contributed by atoms with Crippen molar-refractivity contribution in [1.29, 1.82) is 0 Å². The van der Waals surface area contributed by atoms with E-state index in [-0.39, 0.29) is 12.3 Å². The number of rotatable bonds is 6. The van der Waals surface area contributed by atoms with Crippen molar-refractivity contribution in [2.45, 2.75) is 26.7 Å². The summed E-state index contributed by atoms with van der Waals surface area (Å²) in [6, 6.07) is 7.06. The maximum absolute atomic E-state index is 12.1. The second-order valence-corrected chi connectivity index (χ2v) is 6.16. The van der Waals surface area contributed by atoms with Crippen LogP contribution in [-0.2, 0) is 11.2 Å². The quantitative estimate of drug-likeness (QED) is 0.832. The van der Waals surface area contributed by atoms with E-state index in [1.807, 2.05) is 37.2 Å². The minimum absolute atomic E-state index is 0.0751. The molecule has 2 rings (SSSR count). The third-order valence-corrected chi connectivity index (χ3v) is 4.03. The first-order valence-corrected chi connectivity index (χ1v) is 7.91. The average Bonchev–Trinajstić information content (AvgIpc) is 2.51. The Morgan fingerprint density at radius 3 is 2.70 bits per heavy atom. The Morgan fingerprint density at radius 1 is 1.30 bits per heavy atom. The van der Waals surface area contributed by atoms with Gasteiger partial charge in [-0.2, -0.15) is 0 Å². The molecule has 1 aromatic carbocycles. The summed E-state index contributed by atoms with van der Waals surface area (Å²) in [5.74, 6) is 0.369. The largest absolute Gasteiger partial charge is 0.423 e. The van der Waals surface area contributed by atoms with Gasteiger partial charge in [-0.15, -0.1) is 0 Å². The van der Waals surface area contributed by atoms with Crippen molar-refractivity contribution in [3.8, 4) is 0 Å². The van der Waals surface area contributed by atoms with E-state index in [1.165, 1.54) is 6.07 Å². The Morgan fingerprint density at radius 2 is 2.04 bits per heavy atom. The Labute approximate surface area is 136 Å². The summed E-state index contributed by atoms with van der Waals surface area (Å²) >= 11 is 0. The molecule has 0 bridgehead atoms. The molecule has 23 heavy (non-hydrogen) atoms. The monoisotopic (exact) mass is 316 g/mol. The van der Waals surface area contributed by atoms with Gasteiger partial charge < -0.3 is 14.6 Å². The highest BCUT2D eigenvalue weighted by Gasteiger charge is 2.11. The van der Waals surface area contributed by atoms with Crippen LogP contribution in [0.3, 0.4) is 0 Å². The molecular formula is C18H24N2O3. The van der Waals surface area contributed by atoms with Gasteiger partial charge in [0.15, 0.2) is 0 Å². The highest BCUT2D eigenvalue weighted by atomic mass is 16.4. The van der Waals surface area contributed by atoms with Crippen LogP contribution in [0.5, 0.6) is 0 Å². The van der Waals surface area contributed by atoms with Crippen LogP contribution in [0.2, 0.25) is 0 Å². The highest BCUT2D eigenvalue weighted by Crippen LogP contribution is 2.23. The zero-order valence-corrected chi connectivity index (χ0v) is 14.2. The topological polar surface area (TPSA) is 62.6 Å². The number of carbonyl (C=O) groups excluding carboxylic acids is 1. The Balaban J connectivity index is 2.26. The number of fused-ring (bicyclic) bond motifs is 1. The molecule has 0 radical (unpaired) electrons. The molecule has 0 saturated heterocycles. The molecule has 0 fully saturated rings. The molecule has 5 nitrogen and oxygen atoms in total. The molecule has 1 heterocycles. The van der Waals surface area contributed by atoms with Crippen LogP contribution in [0.25, 0.3) is 11.0 Å². The summed E-state index contributed by atoms with van der Waals surface area (Å²) in [5.41, 5.74) is 1.72. The third-order valence-electron chi connectivity index (χ3n) is 4.03. The fraction of sp³-hybridized carbons (Fsp3) is 0.444.